The van der Waals surface area contributed by atoms with Crippen molar-refractivity contribution in [3.05, 3.63) is 30.0 Å². The van der Waals surface area contributed by atoms with Crippen molar-refractivity contribution in [1.29, 1.82) is 0 Å². The van der Waals surface area contributed by atoms with Gasteiger partial charge in [-0.1, -0.05) is 5.21 Å². The Balaban J connectivity index is 2.38. The van der Waals surface area contributed by atoms with Crippen LogP contribution in [-0.4, -0.2) is 37.9 Å². The van der Waals surface area contributed by atoms with Crippen molar-refractivity contribution in [2.75, 3.05) is 7.11 Å². The summed E-state index contributed by atoms with van der Waals surface area (Å²) in [6.07, 6.45) is 2.66. The molecule has 7 nitrogen and oxygen atoms in total. The third-order valence-electron chi connectivity index (χ3n) is 2.03. The predicted molar refractivity (Wildman–Crippen MR) is 53.0 cm³/mol. The summed E-state index contributed by atoms with van der Waals surface area (Å²) in [5, 5.41) is 7.31. The molecular formula is C9H9N5O2. The molecule has 0 amide bonds. The Morgan fingerprint density at radius 3 is 2.88 bits per heavy atom. The van der Waals surface area contributed by atoms with Gasteiger partial charge in [0.05, 0.1) is 13.3 Å². The number of aryl methyl sites for hydroxylation is 1. The second-order valence-electron chi connectivity index (χ2n) is 3.02. The number of carbonyl (C=O) groups is 1. The van der Waals surface area contributed by atoms with Gasteiger partial charge in [-0.2, -0.15) is 0 Å². The number of ketones is 1. The van der Waals surface area contributed by atoms with Crippen molar-refractivity contribution in [2.45, 2.75) is 0 Å². The Morgan fingerprint density at radius 2 is 2.25 bits per heavy atom. The molecule has 0 N–H and O–H groups in total. The van der Waals surface area contributed by atoms with Gasteiger partial charge in [-0.25, -0.2) is 14.6 Å². The van der Waals surface area contributed by atoms with Crippen LogP contribution in [0.2, 0.25) is 0 Å². The molecule has 16 heavy (non-hydrogen) atoms. The fraction of sp³-hybridized carbons (Fsp3) is 0.222. The molecule has 0 fully saturated rings. The van der Waals surface area contributed by atoms with Crippen LogP contribution >= 0.6 is 0 Å². The van der Waals surface area contributed by atoms with Crippen molar-refractivity contribution in [3.63, 3.8) is 0 Å². The molecule has 0 saturated carbocycles. The number of methoxy groups -OCH3 is 1. The molecule has 82 valence electrons. The van der Waals surface area contributed by atoms with Crippen LogP contribution < -0.4 is 4.74 Å². The summed E-state index contributed by atoms with van der Waals surface area (Å²) >= 11 is 0. The average molecular weight is 219 g/mol. The average Bonchev–Trinajstić information content (AvgIpc) is 2.74. The normalized spacial score (nSPS) is 10.1. The maximum absolute atomic E-state index is 11.9. The monoisotopic (exact) mass is 219 g/mol. The summed E-state index contributed by atoms with van der Waals surface area (Å²) in [6, 6.07) is 1.47. The summed E-state index contributed by atoms with van der Waals surface area (Å²) in [5.41, 5.74) is 0.609. The van der Waals surface area contributed by atoms with E-state index in [1.807, 2.05) is 0 Å². The summed E-state index contributed by atoms with van der Waals surface area (Å²) in [4.78, 5) is 19.6. The highest BCUT2D eigenvalue weighted by Gasteiger charge is 2.15. The molecule has 2 aromatic rings. The van der Waals surface area contributed by atoms with Gasteiger partial charge in [-0.15, -0.1) is 5.10 Å². The molecule has 0 bridgehead atoms. The molecule has 0 aliphatic carbocycles. The van der Waals surface area contributed by atoms with E-state index in [-0.39, 0.29) is 11.5 Å². The van der Waals surface area contributed by atoms with Gasteiger partial charge >= 0.3 is 0 Å². The van der Waals surface area contributed by atoms with Crippen molar-refractivity contribution in [3.8, 4) is 5.88 Å². The lowest BCUT2D eigenvalue weighted by atomic mass is 10.2. The third kappa shape index (κ3) is 1.74. The molecule has 0 aliphatic heterocycles. The lowest BCUT2D eigenvalue weighted by molar-refractivity contribution is 0.102. The Kier molecular flexibility index (Phi) is 2.59. The summed E-state index contributed by atoms with van der Waals surface area (Å²) in [5.74, 6) is 0.0710. The minimum Gasteiger partial charge on any atom is -0.481 e. The first-order chi connectivity index (χ1) is 7.72. The number of hydrogen-bond acceptors (Lipinski definition) is 6. The van der Waals surface area contributed by atoms with Gasteiger partial charge in [0.1, 0.15) is 17.7 Å². The third-order valence-corrected chi connectivity index (χ3v) is 2.03. The van der Waals surface area contributed by atoms with E-state index in [0.717, 1.165) is 0 Å². The molecule has 0 spiro atoms. The molecule has 0 aromatic carbocycles. The zero-order chi connectivity index (χ0) is 11.5. The lowest BCUT2D eigenvalue weighted by Crippen LogP contribution is -2.10. The van der Waals surface area contributed by atoms with Crippen LogP contribution in [0.4, 0.5) is 0 Å². The number of hydrogen-bond donors (Lipinski definition) is 0. The van der Waals surface area contributed by atoms with E-state index in [9.17, 15) is 4.79 Å². The van der Waals surface area contributed by atoms with Gasteiger partial charge < -0.3 is 4.74 Å². The van der Waals surface area contributed by atoms with Gasteiger partial charge in [0, 0.05) is 13.1 Å². The molecule has 0 atom stereocenters. The van der Waals surface area contributed by atoms with Crippen LogP contribution in [0.25, 0.3) is 0 Å². The van der Waals surface area contributed by atoms with Crippen LogP contribution in [0, 0.1) is 0 Å². The van der Waals surface area contributed by atoms with Crippen molar-refractivity contribution >= 4 is 5.78 Å². The Bertz CT molecular complexity index is 522. The Hall–Kier alpha value is -2.31. The molecule has 0 saturated heterocycles. The van der Waals surface area contributed by atoms with Crippen molar-refractivity contribution in [1.82, 2.24) is 25.0 Å². The fourth-order valence-corrected chi connectivity index (χ4v) is 1.20. The number of carbonyl (C=O) groups excluding carboxylic acids is 1. The second kappa shape index (κ2) is 4.05. The molecule has 0 aliphatic rings. The number of nitrogens with zero attached hydrogens (tertiary/aromatic N) is 5. The number of ether oxygens (including phenoxy) is 1. The van der Waals surface area contributed by atoms with E-state index in [1.165, 1.54) is 30.4 Å². The summed E-state index contributed by atoms with van der Waals surface area (Å²) in [6.45, 7) is 0. The molecule has 2 rings (SSSR count). The zero-order valence-electron chi connectivity index (χ0n) is 8.78. The van der Waals surface area contributed by atoms with Crippen LogP contribution in [0.1, 0.15) is 16.2 Å². The van der Waals surface area contributed by atoms with Crippen LogP contribution in [0.15, 0.2) is 18.6 Å². The van der Waals surface area contributed by atoms with Crippen LogP contribution in [0.3, 0.4) is 0 Å². The van der Waals surface area contributed by atoms with Gasteiger partial charge in [-0.05, 0) is 0 Å². The van der Waals surface area contributed by atoms with E-state index >= 15 is 0 Å². The van der Waals surface area contributed by atoms with E-state index in [4.69, 9.17) is 4.74 Å². The minimum absolute atomic E-state index is 0.247. The molecular weight excluding hydrogens is 210 g/mol. The van der Waals surface area contributed by atoms with Crippen molar-refractivity contribution in [2.24, 2.45) is 7.05 Å². The topological polar surface area (TPSA) is 82.8 Å². The highest BCUT2D eigenvalue weighted by atomic mass is 16.5. The molecule has 2 heterocycles. The molecule has 7 heteroatoms. The largest absolute Gasteiger partial charge is 0.481 e. The van der Waals surface area contributed by atoms with Gasteiger partial charge in [0.2, 0.25) is 11.7 Å². The number of rotatable bonds is 3. The van der Waals surface area contributed by atoms with Gasteiger partial charge in [-0.3, -0.25) is 4.79 Å². The fourth-order valence-electron chi connectivity index (χ4n) is 1.20. The van der Waals surface area contributed by atoms with E-state index in [0.29, 0.717) is 11.6 Å². The van der Waals surface area contributed by atoms with Gasteiger partial charge in [0.15, 0.2) is 0 Å². The highest BCUT2D eigenvalue weighted by Crippen LogP contribution is 2.09. The van der Waals surface area contributed by atoms with Crippen LogP contribution in [-0.2, 0) is 7.05 Å². The Morgan fingerprint density at radius 1 is 1.44 bits per heavy atom. The van der Waals surface area contributed by atoms with Gasteiger partial charge in [0.25, 0.3) is 0 Å². The lowest BCUT2D eigenvalue weighted by Gasteiger charge is -2.01. The summed E-state index contributed by atoms with van der Waals surface area (Å²) < 4.78 is 6.30. The maximum Gasteiger partial charge on any atom is 0.231 e. The molecule has 0 unspecified atom stereocenters. The first-order valence-electron chi connectivity index (χ1n) is 4.48. The van der Waals surface area contributed by atoms with E-state index in [2.05, 4.69) is 20.3 Å². The van der Waals surface area contributed by atoms with E-state index in [1.54, 1.807) is 7.05 Å². The maximum atomic E-state index is 11.9. The standard InChI is InChI=1S/C9H9N5O2/c1-14-7(4-12-13-14)9(15)6-3-8(16-2)11-5-10-6/h3-5H,1-2H3. The zero-order valence-corrected chi connectivity index (χ0v) is 8.78. The first kappa shape index (κ1) is 10.2. The molecule has 2 aromatic heterocycles. The smallest absolute Gasteiger partial charge is 0.231 e. The second-order valence-corrected chi connectivity index (χ2v) is 3.02. The quantitative estimate of drug-likeness (QED) is 0.667. The predicted octanol–water partition coefficient (Wildman–Crippen LogP) is -0.155. The summed E-state index contributed by atoms with van der Waals surface area (Å²) in [7, 11) is 3.11. The Labute approximate surface area is 91.1 Å². The SMILES string of the molecule is COc1cc(C(=O)c2cnnn2C)ncn1. The van der Waals surface area contributed by atoms with Crippen molar-refractivity contribution < 1.29 is 9.53 Å². The molecule has 0 radical (unpaired) electrons. The number of aromatic nitrogens is 5. The minimum atomic E-state index is -0.270. The highest BCUT2D eigenvalue weighted by molar-refractivity contribution is 6.06. The van der Waals surface area contributed by atoms with E-state index < -0.39 is 0 Å². The van der Waals surface area contributed by atoms with Crippen LogP contribution in [0.5, 0.6) is 5.88 Å². The first-order valence-corrected chi connectivity index (χ1v) is 4.48.